The van der Waals surface area contributed by atoms with Crippen LogP contribution in [0.4, 0.5) is 5.95 Å². The summed E-state index contributed by atoms with van der Waals surface area (Å²) in [4.78, 5) is 22.3. The molecule has 2 aliphatic carbocycles. The highest BCUT2D eigenvalue weighted by Crippen LogP contribution is 2.63. The molecule has 2 aromatic rings. The number of pyridine rings is 1. The monoisotopic (exact) mass is 431 g/mol. The standard InChI is InChI=1S/C21H29N5O3S/c1-14-12-18(27)26(17-4-3-7-21(17)8-9-21)19-16(14)13-22-20(24-19)23-15-5-10-25(11-6-15)30(2,28)29/h12-13,15,17H,3-11H2,1-2H3,(H,22,23,24). The molecule has 8 nitrogen and oxygen atoms in total. The number of aromatic nitrogens is 3. The molecule has 9 heteroatoms. The van der Waals surface area contributed by atoms with Crippen molar-refractivity contribution in [3.8, 4) is 0 Å². The zero-order valence-corrected chi connectivity index (χ0v) is 18.4. The van der Waals surface area contributed by atoms with Crippen molar-refractivity contribution in [2.75, 3.05) is 24.7 Å². The summed E-state index contributed by atoms with van der Waals surface area (Å²) in [5.41, 5.74) is 1.96. The van der Waals surface area contributed by atoms with Gasteiger partial charge in [0.2, 0.25) is 16.0 Å². The van der Waals surface area contributed by atoms with Crippen LogP contribution in [0.25, 0.3) is 11.0 Å². The van der Waals surface area contributed by atoms with Crippen LogP contribution in [0.1, 0.15) is 56.6 Å². The second kappa shape index (κ2) is 7.02. The molecule has 0 bridgehead atoms. The molecule has 1 N–H and O–H groups in total. The zero-order chi connectivity index (χ0) is 21.1. The number of fused-ring (bicyclic) bond motifs is 1. The lowest BCUT2D eigenvalue weighted by molar-refractivity contribution is 0.331. The summed E-state index contributed by atoms with van der Waals surface area (Å²) >= 11 is 0. The second-order valence-corrected chi connectivity index (χ2v) is 11.3. The first-order chi connectivity index (χ1) is 14.3. The quantitative estimate of drug-likeness (QED) is 0.799. The first-order valence-corrected chi connectivity index (χ1v) is 12.7. The van der Waals surface area contributed by atoms with Gasteiger partial charge in [0.25, 0.3) is 5.56 Å². The van der Waals surface area contributed by atoms with Gasteiger partial charge in [-0.3, -0.25) is 9.36 Å². The number of piperidine rings is 1. The molecular weight excluding hydrogens is 402 g/mol. The van der Waals surface area contributed by atoms with Crippen molar-refractivity contribution < 1.29 is 8.42 Å². The van der Waals surface area contributed by atoms with E-state index in [9.17, 15) is 13.2 Å². The summed E-state index contributed by atoms with van der Waals surface area (Å²) in [6.45, 7) is 2.93. The minimum absolute atomic E-state index is 0.0317. The highest BCUT2D eigenvalue weighted by Gasteiger charge is 2.53. The summed E-state index contributed by atoms with van der Waals surface area (Å²) in [5, 5.41) is 4.30. The molecule has 3 heterocycles. The van der Waals surface area contributed by atoms with Crippen molar-refractivity contribution in [2.45, 2.75) is 64.0 Å². The van der Waals surface area contributed by atoms with Crippen molar-refractivity contribution in [2.24, 2.45) is 5.41 Å². The Labute approximate surface area is 176 Å². The van der Waals surface area contributed by atoms with Gasteiger partial charge in [-0.15, -0.1) is 0 Å². The molecule has 1 aliphatic heterocycles. The SMILES string of the molecule is Cc1cc(=O)n(C2CCCC23CC3)c2nc(NC3CCN(S(C)(=O)=O)CC3)ncc12. The van der Waals surface area contributed by atoms with Crippen LogP contribution in [0.5, 0.6) is 0 Å². The Morgan fingerprint density at radius 3 is 2.57 bits per heavy atom. The fourth-order valence-corrected chi connectivity index (χ4v) is 6.30. The van der Waals surface area contributed by atoms with Crippen LogP contribution in [-0.4, -0.2) is 52.6 Å². The van der Waals surface area contributed by atoms with Gasteiger partial charge in [-0.1, -0.05) is 6.42 Å². The first-order valence-electron chi connectivity index (χ1n) is 10.9. The van der Waals surface area contributed by atoms with E-state index in [4.69, 9.17) is 4.98 Å². The van der Waals surface area contributed by atoms with Crippen molar-refractivity contribution in [3.63, 3.8) is 0 Å². The molecule has 2 saturated carbocycles. The molecule has 162 valence electrons. The van der Waals surface area contributed by atoms with Crippen molar-refractivity contribution in [1.29, 1.82) is 0 Å². The highest BCUT2D eigenvalue weighted by atomic mass is 32.2. The summed E-state index contributed by atoms with van der Waals surface area (Å²) in [5.74, 6) is 0.516. The van der Waals surface area contributed by atoms with E-state index < -0.39 is 10.0 Å². The van der Waals surface area contributed by atoms with E-state index in [-0.39, 0.29) is 17.6 Å². The predicted octanol–water partition coefficient (Wildman–Crippen LogP) is 2.44. The lowest BCUT2D eigenvalue weighted by Crippen LogP contribution is -2.42. The molecule has 0 aromatic carbocycles. The van der Waals surface area contributed by atoms with Crippen LogP contribution < -0.4 is 10.9 Å². The van der Waals surface area contributed by atoms with E-state index >= 15 is 0 Å². The van der Waals surface area contributed by atoms with Crippen molar-refractivity contribution in [1.82, 2.24) is 18.8 Å². The van der Waals surface area contributed by atoms with Crippen LogP contribution in [0.3, 0.4) is 0 Å². The third-order valence-electron chi connectivity index (χ3n) is 7.32. The summed E-state index contributed by atoms with van der Waals surface area (Å²) in [6.07, 6.45) is 10.3. The van der Waals surface area contributed by atoms with E-state index in [0.29, 0.717) is 37.3 Å². The third kappa shape index (κ3) is 3.41. The van der Waals surface area contributed by atoms with E-state index in [1.807, 2.05) is 17.7 Å². The Hall–Kier alpha value is -2.00. The third-order valence-corrected chi connectivity index (χ3v) is 8.62. The van der Waals surface area contributed by atoms with E-state index in [2.05, 4.69) is 10.3 Å². The molecular formula is C21H29N5O3S. The summed E-state index contributed by atoms with van der Waals surface area (Å²) in [7, 11) is -3.14. The molecule has 1 atom stereocenters. The fourth-order valence-electron chi connectivity index (χ4n) is 5.42. The van der Waals surface area contributed by atoms with Crippen LogP contribution in [0, 0.1) is 12.3 Å². The average Bonchev–Trinajstić information content (AvgIpc) is 3.35. The summed E-state index contributed by atoms with van der Waals surface area (Å²) < 4.78 is 26.9. The highest BCUT2D eigenvalue weighted by molar-refractivity contribution is 7.88. The maximum atomic E-state index is 13.0. The van der Waals surface area contributed by atoms with E-state index in [1.165, 1.54) is 36.2 Å². The number of nitrogens with one attached hydrogen (secondary N) is 1. The molecule has 3 aliphatic rings. The molecule has 5 rings (SSSR count). The zero-order valence-electron chi connectivity index (χ0n) is 17.6. The van der Waals surface area contributed by atoms with Gasteiger partial charge < -0.3 is 5.32 Å². The second-order valence-electron chi connectivity index (χ2n) is 9.32. The number of sulfonamides is 1. The number of anilines is 1. The van der Waals surface area contributed by atoms with Gasteiger partial charge in [0, 0.05) is 42.8 Å². The Kier molecular flexibility index (Phi) is 4.66. The summed E-state index contributed by atoms with van der Waals surface area (Å²) in [6, 6.07) is 2.06. The number of hydrogen-bond acceptors (Lipinski definition) is 6. The molecule has 30 heavy (non-hydrogen) atoms. The van der Waals surface area contributed by atoms with Crippen LogP contribution >= 0.6 is 0 Å². The first kappa shape index (κ1) is 19.9. The number of nitrogens with zero attached hydrogens (tertiary/aromatic N) is 4. The average molecular weight is 432 g/mol. The number of hydrogen-bond donors (Lipinski definition) is 1. The molecule has 0 amide bonds. The van der Waals surface area contributed by atoms with Gasteiger partial charge >= 0.3 is 0 Å². The van der Waals surface area contributed by atoms with E-state index in [1.54, 1.807) is 6.07 Å². The van der Waals surface area contributed by atoms with Crippen molar-refractivity contribution >= 4 is 27.0 Å². The number of rotatable bonds is 4. The van der Waals surface area contributed by atoms with E-state index in [0.717, 1.165) is 23.0 Å². The van der Waals surface area contributed by atoms with Gasteiger partial charge in [0.05, 0.1) is 6.26 Å². The largest absolute Gasteiger partial charge is 0.351 e. The lowest BCUT2D eigenvalue weighted by Gasteiger charge is -2.30. The van der Waals surface area contributed by atoms with Gasteiger partial charge in [-0.25, -0.2) is 17.7 Å². The fraction of sp³-hybridized carbons (Fsp3) is 0.667. The van der Waals surface area contributed by atoms with Crippen molar-refractivity contribution in [3.05, 3.63) is 28.2 Å². The molecule has 0 radical (unpaired) electrons. The molecule has 1 unspecified atom stereocenters. The van der Waals surface area contributed by atoms with Crippen LogP contribution in [0.15, 0.2) is 17.1 Å². The Bertz CT molecular complexity index is 1150. The van der Waals surface area contributed by atoms with Gasteiger partial charge in [0.15, 0.2) is 0 Å². The molecule has 3 fully saturated rings. The maximum absolute atomic E-state index is 13.0. The minimum Gasteiger partial charge on any atom is -0.351 e. The topological polar surface area (TPSA) is 97.2 Å². The van der Waals surface area contributed by atoms with Crippen LogP contribution in [-0.2, 0) is 10.0 Å². The minimum atomic E-state index is -3.14. The Morgan fingerprint density at radius 1 is 1.17 bits per heavy atom. The molecule has 1 spiro atoms. The van der Waals surface area contributed by atoms with Gasteiger partial charge in [0.1, 0.15) is 5.65 Å². The molecule has 2 aromatic heterocycles. The van der Waals surface area contributed by atoms with Gasteiger partial charge in [-0.2, -0.15) is 4.98 Å². The number of aryl methyl sites for hydroxylation is 1. The maximum Gasteiger partial charge on any atom is 0.252 e. The Balaban J connectivity index is 1.45. The Morgan fingerprint density at radius 2 is 1.90 bits per heavy atom. The van der Waals surface area contributed by atoms with Gasteiger partial charge in [-0.05, 0) is 56.4 Å². The lowest BCUT2D eigenvalue weighted by atomic mass is 9.99. The smallest absolute Gasteiger partial charge is 0.252 e. The normalized spacial score (nSPS) is 24.5. The predicted molar refractivity (Wildman–Crippen MR) is 116 cm³/mol. The van der Waals surface area contributed by atoms with Crippen LogP contribution in [0.2, 0.25) is 0 Å². The molecule has 1 saturated heterocycles.